The van der Waals surface area contributed by atoms with Crippen molar-refractivity contribution in [1.82, 2.24) is 4.98 Å². The van der Waals surface area contributed by atoms with E-state index >= 15 is 0 Å². The standard InChI is InChI=1S/C14H11FN2O/c15-14(9-10-5-3-4-8-16-10)11-6-1-2-7-12(11)17-13(14)18/h1-8H,9H2,(H,17,18). The van der Waals surface area contributed by atoms with Gasteiger partial charge in [-0.2, -0.15) is 0 Å². The molecule has 0 radical (unpaired) electrons. The monoisotopic (exact) mass is 242 g/mol. The number of carbonyl (C=O) groups is 1. The van der Waals surface area contributed by atoms with E-state index in [9.17, 15) is 9.18 Å². The number of alkyl halides is 1. The van der Waals surface area contributed by atoms with Crippen LogP contribution in [0.3, 0.4) is 0 Å². The first-order chi connectivity index (χ1) is 8.70. The number of anilines is 1. The molecule has 0 bridgehead atoms. The molecule has 1 N–H and O–H groups in total. The topological polar surface area (TPSA) is 42.0 Å². The number of carbonyl (C=O) groups excluding carboxylic acids is 1. The van der Waals surface area contributed by atoms with Crippen molar-refractivity contribution < 1.29 is 9.18 Å². The van der Waals surface area contributed by atoms with Gasteiger partial charge in [-0.1, -0.05) is 24.3 Å². The Morgan fingerprint density at radius 1 is 1.17 bits per heavy atom. The highest BCUT2D eigenvalue weighted by Crippen LogP contribution is 2.40. The fourth-order valence-corrected chi connectivity index (χ4v) is 2.21. The molecule has 1 aromatic heterocycles. The summed E-state index contributed by atoms with van der Waals surface area (Å²) in [6, 6.07) is 12.1. The third-order valence-corrected chi connectivity index (χ3v) is 3.11. The van der Waals surface area contributed by atoms with E-state index < -0.39 is 11.6 Å². The second-order valence-corrected chi connectivity index (χ2v) is 4.30. The molecular weight excluding hydrogens is 231 g/mol. The normalized spacial score (nSPS) is 21.5. The summed E-state index contributed by atoms with van der Waals surface area (Å²) in [7, 11) is 0. The molecule has 1 amide bonds. The predicted octanol–water partition coefficient (Wildman–Crippen LogP) is 2.44. The highest BCUT2D eigenvalue weighted by molar-refractivity contribution is 6.05. The van der Waals surface area contributed by atoms with Gasteiger partial charge in [-0.05, 0) is 18.2 Å². The minimum absolute atomic E-state index is 0.0450. The van der Waals surface area contributed by atoms with Gasteiger partial charge in [-0.3, -0.25) is 9.78 Å². The van der Waals surface area contributed by atoms with Gasteiger partial charge < -0.3 is 5.32 Å². The number of nitrogens with one attached hydrogen (secondary N) is 1. The molecule has 18 heavy (non-hydrogen) atoms. The van der Waals surface area contributed by atoms with Crippen LogP contribution in [0.5, 0.6) is 0 Å². The zero-order valence-electron chi connectivity index (χ0n) is 9.56. The summed E-state index contributed by atoms with van der Waals surface area (Å²) in [6.07, 6.45) is 1.55. The Morgan fingerprint density at radius 3 is 2.72 bits per heavy atom. The third kappa shape index (κ3) is 1.57. The first kappa shape index (κ1) is 10.9. The number of pyridine rings is 1. The zero-order valence-corrected chi connectivity index (χ0v) is 9.56. The fourth-order valence-electron chi connectivity index (χ4n) is 2.21. The Hall–Kier alpha value is -2.23. The first-order valence-corrected chi connectivity index (χ1v) is 5.70. The molecule has 0 fully saturated rings. The minimum atomic E-state index is -2.02. The second kappa shape index (κ2) is 3.91. The molecule has 1 atom stereocenters. The summed E-state index contributed by atoms with van der Waals surface area (Å²) in [5.41, 5.74) is -0.529. The van der Waals surface area contributed by atoms with Crippen LogP contribution in [0.15, 0.2) is 48.7 Å². The van der Waals surface area contributed by atoms with Crippen molar-refractivity contribution >= 4 is 11.6 Å². The van der Waals surface area contributed by atoms with Crippen molar-refractivity contribution in [3.63, 3.8) is 0 Å². The SMILES string of the molecule is O=C1Nc2ccccc2C1(F)Cc1ccccn1. The summed E-state index contributed by atoms with van der Waals surface area (Å²) >= 11 is 0. The maximum atomic E-state index is 14.9. The molecule has 1 aliphatic rings. The molecular formula is C14H11FN2O. The van der Waals surface area contributed by atoms with Crippen LogP contribution in [-0.2, 0) is 16.9 Å². The Kier molecular flexibility index (Phi) is 2.37. The van der Waals surface area contributed by atoms with Crippen LogP contribution in [0.25, 0.3) is 0 Å². The Morgan fingerprint density at radius 2 is 1.94 bits per heavy atom. The van der Waals surface area contributed by atoms with Crippen LogP contribution in [0, 0.1) is 0 Å². The summed E-state index contributed by atoms with van der Waals surface area (Å²) in [6.45, 7) is 0. The van der Waals surface area contributed by atoms with Crippen molar-refractivity contribution in [2.75, 3.05) is 5.32 Å². The Bertz CT molecular complexity index is 600. The van der Waals surface area contributed by atoms with Crippen molar-refractivity contribution in [2.24, 2.45) is 0 Å². The minimum Gasteiger partial charge on any atom is -0.323 e. The molecule has 1 aromatic carbocycles. The number of aromatic nitrogens is 1. The van der Waals surface area contributed by atoms with Gasteiger partial charge in [-0.25, -0.2) is 4.39 Å². The Balaban J connectivity index is 2.02. The second-order valence-electron chi connectivity index (χ2n) is 4.30. The number of nitrogens with zero attached hydrogens (tertiary/aromatic N) is 1. The lowest BCUT2D eigenvalue weighted by Crippen LogP contribution is -2.32. The number of benzene rings is 1. The molecule has 0 saturated heterocycles. The third-order valence-electron chi connectivity index (χ3n) is 3.11. The van der Waals surface area contributed by atoms with Crippen molar-refractivity contribution in [1.29, 1.82) is 0 Å². The molecule has 3 rings (SSSR count). The van der Waals surface area contributed by atoms with Crippen LogP contribution in [0.4, 0.5) is 10.1 Å². The van der Waals surface area contributed by atoms with Gasteiger partial charge in [-0.15, -0.1) is 0 Å². The maximum Gasteiger partial charge on any atom is 0.267 e. The van der Waals surface area contributed by atoms with Crippen molar-refractivity contribution in [2.45, 2.75) is 12.1 Å². The Labute approximate surface area is 104 Å². The number of hydrogen-bond acceptors (Lipinski definition) is 2. The lowest BCUT2D eigenvalue weighted by molar-refractivity contribution is -0.126. The molecule has 3 nitrogen and oxygen atoms in total. The fraction of sp³-hybridized carbons (Fsp3) is 0.143. The van der Waals surface area contributed by atoms with Crippen molar-refractivity contribution in [3.8, 4) is 0 Å². The van der Waals surface area contributed by atoms with Gasteiger partial charge in [0.05, 0.1) is 0 Å². The van der Waals surface area contributed by atoms with Crippen LogP contribution >= 0.6 is 0 Å². The summed E-state index contributed by atoms with van der Waals surface area (Å²) < 4.78 is 14.9. The van der Waals surface area contributed by atoms with Gasteiger partial charge in [0.25, 0.3) is 5.91 Å². The zero-order chi connectivity index (χ0) is 12.6. The summed E-state index contributed by atoms with van der Waals surface area (Å²) in [5, 5.41) is 2.57. The molecule has 4 heteroatoms. The summed E-state index contributed by atoms with van der Waals surface area (Å²) in [4.78, 5) is 15.9. The van der Waals surface area contributed by atoms with E-state index in [1.54, 1.807) is 48.7 Å². The van der Waals surface area contributed by atoms with E-state index in [2.05, 4.69) is 10.3 Å². The average Bonchev–Trinajstić information content (AvgIpc) is 2.63. The average molecular weight is 242 g/mol. The molecule has 0 spiro atoms. The molecule has 2 heterocycles. The summed E-state index contributed by atoms with van der Waals surface area (Å²) in [5.74, 6) is -0.616. The van der Waals surface area contributed by atoms with Gasteiger partial charge in [0.2, 0.25) is 5.67 Å². The molecule has 0 saturated carbocycles. The number of amides is 1. The van der Waals surface area contributed by atoms with Gasteiger partial charge in [0.15, 0.2) is 0 Å². The van der Waals surface area contributed by atoms with Gasteiger partial charge in [0.1, 0.15) is 0 Å². The van der Waals surface area contributed by atoms with Crippen molar-refractivity contribution in [3.05, 3.63) is 59.9 Å². The molecule has 2 aromatic rings. The first-order valence-electron chi connectivity index (χ1n) is 5.70. The number of rotatable bonds is 2. The molecule has 0 aliphatic carbocycles. The van der Waals surface area contributed by atoms with Gasteiger partial charge >= 0.3 is 0 Å². The predicted molar refractivity (Wildman–Crippen MR) is 65.8 cm³/mol. The van der Waals surface area contributed by atoms with Crippen LogP contribution < -0.4 is 5.32 Å². The number of fused-ring (bicyclic) bond motifs is 1. The highest BCUT2D eigenvalue weighted by atomic mass is 19.1. The quantitative estimate of drug-likeness (QED) is 0.878. The van der Waals surface area contributed by atoms with E-state index in [-0.39, 0.29) is 6.42 Å². The smallest absolute Gasteiger partial charge is 0.267 e. The lowest BCUT2D eigenvalue weighted by Gasteiger charge is -2.17. The van der Waals surface area contributed by atoms with E-state index in [1.807, 2.05) is 0 Å². The largest absolute Gasteiger partial charge is 0.323 e. The molecule has 90 valence electrons. The van der Waals surface area contributed by atoms with E-state index in [0.717, 1.165) is 0 Å². The van der Waals surface area contributed by atoms with E-state index in [4.69, 9.17) is 0 Å². The highest BCUT2D eigenvalue weighted by Gasteiger charge is 2.47. The van der Waals surface area contributed by atoms with Crippen LogP contribution in [0.2, 0.25) is 0 Å². The molecule has 1 unspecified atom stereocenters. The number of halogens is 1. The number of hydrogen-bond donors (Lipinski definition) is 1. The van der Waals surface area contributed by atoms with Crippen LogP contribution in [0.1, 0.15) is 11.3 Å². The lowest BCUT2D eigenvalue weighted by atomic mass is 9.92. The van der Waals surface area contributed by atoms with E-state index in [1.165, 1.54) is 0 Å². The molecule has 1 aliphatic heterocycles. The van der Waals surface area contributed by atoms with Crippen LogP contribution in [-0.4, -0.2) is 10.9 Å². The van der Waals surface area contributed by atoms with Gasteiger partial charge in [0, 0.05) is 29.6 Å². The number of para-hydroxylation sites is 1. The van der Waals surface area contributed by atoms with E-state index in [0.29, 0.717) is 16.9 Å². The maximum absolute atomic E-state index is 14.9.